The summed E-state index contributed by atoms with van der Waals surface area (Å²) in [5.41, 5.74) is 6.93. The predicted molar refractivity (Wildman–Crippen MR) is 70.9 cm³/mol. The number of likely N-dealkylation sites (N-methyl/N-ethyl adjacent to an activating group) is 1. The number of ether oxygens (including phenoxy) is 1. The molecule has 1 aromatic heterocycles. The van der Waals surface area contributed by atoms with Crippen LogP contribution in [0.3, 0.4) is 0 Å². The molecule has 2 unspecified atom stereocenters. The van der Waals surface area contributed by atoms with Gasteiger partial charge < -0.3 is 15.8 Å². The van der Waals surface area contributed by atoms with Gasteiger partial charge in [-0.3, -0.25) is 0 Å². The molecule has 1 aromatic rings. The zero-order chi connectivity index (χ0) is 12.7. The fraction of sp³-hybridized carbons (Fsp3) is 0.615. The Hall–Kier alpha value is -1.13. The van der Waals surface area contributed by atoms with Crippen molar-refractivity contribution < 1.29 is 4.74 Å². The Morgan fingerprint density at radius 2 is 2.24 bits per heavy atom. The smallest absolute Gasteiger partial charge is 0.126 e. The number of nitrogens with one attached hydrogen (secondary N) is 1. The lowest BCUT2D eigenvalue weighted by Crippen LogP contribution is -2.41. The van der Waals surface area contributed by atoms with E-state index in [4.69, 9.17) is 10.5 Å². The van der Waals surface area contributed by atoms with Gasteiger partial charge in [0.1, 0.15) is 5.82 Å². The van der Waals surface area contributed by atoms with Crippen LogP contribution >= 0.6 is 0 Å². The summed E-state index contributed by atoms with van der Waals surface area (Å²) in [6.45, 7) is 7.84. The number of hydrogen-bond acceptors (Lipinski definition) is 4. The molecule has 17 heavy (non-hydrogen) atoms. The average molecular weight is 237 g/mol. The van der Waals surface area contributed by atoms with Gasteiger partial charge >= 0.3 is 0 Å². The maximum atomic E-state index is 5.86. The standard InChI is InChI=1S/C13H23N3O/c1-4-15-12(10(3)17-5-2)9-11-7-6-8-16-13(11)14/h6-8,10,12,15H,4-5,9H2,1-3H3,(H2,14,16). The maximum Gasteiger partial charge on any atom is 0.126 e. The molecule has 2 atom stereocenters. The summed E-state index contributed by atoms with van der Waals surface area (Å²) in [6.07, 6.45) is 2.72. The highest BCUT2D eigenvalue weighted by Gasteiger charge is 2.18. The summed E-state index contributed by atoms with van der Waals surface area (Å²) in [7, 11) is 0. The molecule has 96 valence electrons. The second-order valence-corrected chi connectivity index (χ2v) is 4.08. The molecule has 0 aliphatic rings. The van der Waals surface area contributed by atoms with E-state index >= 15 is 0 Å². The van der Waals surface area contributed by atoms with Crippen molar-refractivity contribution in [3.8, 4) is 0 Å². The molecule has 0 bridgehead atoms. The fourth-order valence-electron chi connectivity index (χ4n) is 1.91. The summed E-state index contributed by atoms with van der Waals surface area (Å²) in [4.78, 5) is 4.11. The number of anilines is 1. The fourth-order valence-corrected chi connectivity index (χ4v) is 1.91. The highest BCUT2D eigenvalue weighted by Crippen LogP contribution is 2.13. The maximum absolute atomic E-state index is 5.86. The molecule has 1 rings (SSSR count). The second kappa shape index (κ2) is 7.25. The van der Waals surface area contributed by atoms with E-state index in [0.717, 1.165) is 25.1 Å². The minimum Gasteiger partial charge on any atom is -0.383 e. The van der Waals surface area contributed by atoms with Crippen molar-refractivity contribution >= 4 is 5.82 Å². The van der Waals surface area contributed by atoms with Crippen LogP contribution in [0.25, 0.3) is 0 Å². The number of rotatable bonds is 7. The van der Waals surface area contributed by atoms with Crippen LogP contribution in [0.4, 0.5) is 5.82 Å². The molecule has 1 heterocycles. The van der Waals surface area contributed by atoms with Crippen molar-refractivity contribution in [2.24, 2.45) is 0 Å². The van der Waals surface area contributed by atoms with Crippen molar-refractivity contribution in [2.45, 2.75) is 39.3 Å². The molecular formula is C13H23N3O. The lowest BCUT2D eigenvalue weighted by molar-refractivity contribution is 0.0481. The van der Waals surface area contributed by atoms with Crippen LogP contribution in [-0.2, 0) is 11.2 Å². The molecule has 0 fully saturated rings. The molecular weight excluding hydrogens is 214 g/mol. The normalized spacial score (nSPS) is 14.5. The van der Waals surface area contributed by atoms with Crippen LogP contribution in [0, 0.1) is 0 Å². The van der Waals surface area contributed by atoms with E-state index in [-0.39, 0.29) is 12.1 Å². The molecule has 0 saturated carbocycles. The number of nitrogens with zero attached hydrogens (tertiary/aromatic N) is 1. The van der Waals surface area contributed by atoms with E-state index in [2.05, 4.69) is 24.1 Å². The highest BCUT2D eigenvalue weighted by atomic mass is 16.5. The summed E-state index contributed by atoms with van der Waals surface area (Å²) < 4.78 is 5.64. The van der Waals surface area contributed by atoms with Gasteiger partial charge in [0, 0.05) is 18.8 Å². The van der Waals surface area contributed by atoms with Gasteiger partial charge in [0.05, 0.1) is 6.10 Å². The third-order valence-electron chi connectivity index (χ3n) is 2.83. The first-order valence-corrected chi connectivity index (χ1v) is 6.23. The second-order valence-electron chi connectivity index (χ2n) is 4.08. The topological polar surface area (TPSA) is 60.2 Å². The highest BCUT2D eigenvalue weighted by molar-refractivity contribution is 5.39. The Labute approximate surface area is 104 Å². The monoisotopic (exact) mass is 237 g/mol. The van der Waals surface area contributed by atoms with Crippen molar-refractivity contribution in [1.29, 1.82) is 0 Å². The van der Waals surface area contributed by atoms with Crippen LogP contribution in [0.1, 0.15) is 26.3 Å². The largest absolute Gasteiger partial charge is 0.383 e. The van der Waals surface area contributed by atoms with E-state index in [1.165, 1.54) is 0 Å². The zero-order valence-corrected chi connectivity index (χ0v) is 10.9. The molecule has 0 amide bonds. The van der Waals surface area contributed by atoms with Crippen molar-refractivity contribution in [3.05, 3.63) is 23.9 Å². The van der Waals surface area contributed by atoms with Gasteiger partial charge in [-0.25, -0.2) is 4.98 Å². The Balaban J connectivity index is 2.69. The lowest BCUT2D eigenvalue weighted by atomic mass is 10.0. The Kier molecular flexibility index (Phi) is 5.94. The van der Waals surface area contributed by atoms with Gasteiger partial charge in [0.25, 0.3) is 0 Å². The van der Waals surface area contributed by atoms with Gasteiger partial charge in [0.15, 0.2) is 0 Å². The van der Waals surface area contributed by atoms with E-state index in [1.54, 1.807) is 6.20 Å². The molecule has 3 N–H and O–H groups in total. The molecule has 4 heteroatoms. The van der Waals surface area contributed by atoms with Gasteiger partial charge in [-0.15, -0.1) is 0 Å². The molecule has 0 spiro atoms. The number of nitrogen functional groups attached to an aromatic ring is 1. The summed E-state index contributed by atoms with van der Waals surface area (Å²) >= 11 is 0. The van der Waals surface area contributed by atoms with Crippen LogP contribution in [0.15, 0.2) is 18.3 Å². The Morgan fingerprint density at radius 3 is 2.82 bits per heavy atom. The molecule has 0 aliphatic carbocycles. The number of aromatic nitrogens is 1. The minimum absolute atomic E-state index is 0.166. The summed E-state index contributed by atoms with van der Waals surface area (Å²) in [6, 6.07) is 4.21. The van der Waals surface area contributed by atoms with Gasteiger partial charge in [0.2, 0.25) is 0 Å². The summed E-state index contributed by atoms with van der Waals surface area (Å²) in [5, 5.41) is 3.43. The predicted octanol–water partition coefficient (Wildman–Crippen LogP) is 1.61. The minimum atomic E-state index is 0.166. The van der Waals surface area contributed by atoms with E-state index in [1.807, 2.05) is 19.1 Å². The SMILES string of the molecule is CCNC(Cc1cccnc1N)C(C)OCC. The quantitative estimate of drug-likeness (QED) is 0.756. The molecule has 0 aromatic carbocycles. The van der Waals surface area contributed by atoms with Gasteiger partial charge in [-0.1, -0.05) is 13.0 Å². The third kappa shape index (κ3) is 4.32. The van der Waals surface area contributed by atoms with Crippen molar-refractivity contribution in [3.63, 3.8) is 0 Å². The van der Waals surface area contributed by atoms with E-state index in [0.29, 0.717) is 5.82 Å². The average Bonchev–Trinajstić information content (AvgIpc) is 2.31. The number of pyridine rings is 1. The van der Waals surface area contributed by atoms with Crippen LogP contribution in [0.2, 0.25) is 0 Å². The zero-order valence-electron chi connectivity index (χ0n) is 10.9. The number of nitrogens with two attached hydrogens (primary N) is 1. The van der Waals surface area contributed by atoms with Gasteiger partial charge in [-0.05, 0) is 38.4 Å². The van der Waals surface area contributed by atoms with Crippen LogP contribution < -0.4 is 11.1 Å². The molecule has 0 saturated heterocycles. The van der Waals surface area contributed by atoms with Crippen LogP contribution in [-0.4, -0.2) is 30.3 Å². The first-order chi connectivity index (χ1) is 8.19. The Morgan fingerprint density at radius 1 is 1.47 bits per heavy atom. The van der Waals surface area contributed by atoms with Crippen molar-refractivity contribution in [2.75, 3.05) is 18.9 Å². The molecule has 0 radical (unpaired) electrons. The van der Waals surface area contributed by atoms with Gasteiger partial charge in [-0.2, -0.15) is 0 Å². The number of hydrogen-bond donors (Lipinski definition) is 2. The van der Waals surface area contributed by atoms with E-state index in [9.17, 15) is 0 Å². The first-order valence-electron chi connectivity index (χ1n) is 6.23. The Bertz CT molecular complexity index is 330. The first kappa shape index (κ1) is 13.9. The van der Waals surface area contributed by atoms with Crippen molar-refractivity contribution in [1.82, 2.24) is 10.3 Å². The van der Waals surface area contributed by atoms with E-state index < -0.39 is 0 Å². The molecule has 4 nitrogen and oxygen atoms in total. The van der Waals surface area contributed by atoms with Crippen LogP contribution in [0.5, 0.6) is 0 Å². The lowest BCUT2D eigenvalue weighted by Gasteiger charge is -2.25. The third-order valence-corrected chi connectivity index (χ3v) is 2.83. The molecule has 0 aliphatic heterocycles. The summed E-state index contributed by atoms with van der Waals surface area (Å²) in [5.74, 6) is 0.610.